The quantitative estimate of drug-likeness (QED) is 0.291. The standard InChI is InChI=1S/C46H78N4/c1-3-17-35(18-4-1)49(43-27-25-31-13-7-9-23-39(31)47-43)41-29-33-15-12-22-38-42(30-34-16-11-21-37(41)45(34)46(33)38)50(36-19-5-2-6-20-36)44-28-26-32-14-8-10-24-40(32)48-44/h31-48H,1-30H2. The van der Waals surface area contributed by atoms with Gasteiger partial charge >= 0.3 is 0 Å². The van der Waals surface area contributed by atoms with Crippen molar-refractivity contribution in [2.75, 3.05) is 0 Å². The van der Waals surface area contributed by atoms with Crippen molar-refractivity contribution in [3.8, 4) is 0 Å². The molecule has 8 aliphatic carbocycles. The molecule has 0 amide bonds. The minimum atomic E-state index is 0.679. The van der Waals surface area contributed by atoms with Crippen molar-refractivity contribution in [3.05, 3.63) is 0 Å². The van der Waals surface area contributed by atoms with Crippen LogP contribution in [0.5, 0.6) is 0 Å². The van der Waals surface area contributed by atoms with Gasteiger partial charge in [0, 0.05) is 36.3 Å². The van der Waals surface area contributed by atoms with Gasteiger partial charge in [0.25, 0.3) is 0 Å². The molecule has 0 aromatic rings. The number of fused-ring (bicyclic) bond motifs is 2. The van der Waals surface area contributed by atoms with Gasteiger partial charge in [-0.05, 0) is 150 Å². The first-order valence-corrected chi connectivity index (χ1v) is 23.9. The number of hydrogen-bond donors (Lipinski definition) is 2. The Morgan fingerprint density at radius 1 is 0.320 bits per heavy atom. The molecule has 0 bridgehead atoms. The molecule has 14 unspecified atom stereocenters. The van der Waals surface area contributed by atoms with Crippen molar-refractivity contribution in [3.63, 3.8) is 0 Å². The molecule has 14 atom stereocenters. The molecule has 4 heteroatoms. The van der Waals surface area contributed by atoms with Gasteiger partial charge in [0.1, 0.15) is 0 Å². The third-order valence-corrected chi connectivity index (χ3v) is 18.6. The highest BCUT2D eigenvalue weighted by Crippen LogP contribution is 2.62. The van der Waals surface area contributed by atoms with E-state index in [2.05, 4.69) is 20.4 Å². The molecule has 2 aliphatic heterocycles. The number of piperidine rings is 2. The van der Waals surface area contributed by atoms with E-state index in [1.54, 1.807) is 38.5 Å². The highest BCUT2D eigenvalue weighted by Gasteiger charge is 2.60. The molecule has 0 spiro atoms. The van der Waals surface area contributed by atoms with E-state index in [0.717, 1.165) is 83.6 Å². The third-order valence-electron chi connectivity index (χ3n) is 18.6. The maximum Gasteiger partial charge on any atom is 0.0604 e. The van der Waals surface area contributed by atoms with E-state index in [0.29, 0.717) is 12.3 Å². The second-order valence-electron chi connectivity index (χ2n) is 20.8. The van der Waals surface area contributed by atoms with Crippen LogP contribution in [0.1, 0.15) is 193 Å². The molecule has 0 radical (unpaired) electrons. The summed E-state index contributed by atoms with van der Waals surface area (Å²) in [5.41, 5.74) is 0. The molecule has 8 saturated carbocycles. The zero-order chi connectivity index (χ0) is 33.0. The molecule has 2 saturated heterocycles. The van der Waals surface area contributed by atoms with Gasteiger partial charge in [-0.1, -0.05) is 89.9 Å². The van der Waals surface area contributed by atoms with Crippen LogP contribution in [0.2, 0.25) is 0 Å². The number of hydrogen-bond acceptors (Lipinski definition) is 4. The molecule has 2 N–H and O–H groups in total. The van der Waals surface area contributed by atoms with E-state index in [1.165, 1.54) is 154 Å². The SMILES string of the molecule is C1CCC(N(C2CCC3CCCCC3N2)C2CC3CCCC4C3C3C(CCCC32)CC4N(C2CCCCC2)C2CCC3CCCCC3N2)CC1. The molecule has 10 rings (SSSR count). The second-order valence-corrected chi connectivity index (χ2v) is 20.8. The Kier molecular flexibility index (Phi) is 10.4. The van der Waals surface area contributed by atoms with Crippen LogP contribution in [0.15, 0.2) is 0 Å². The molecule has 0 aromatic carbocycles. The smallest absolute Gasteiger partial charge is 0.0604 e. The lowest BCUT2D eigenvalue weighted by atomic mass is 9.45. The fourth-order valence-electron chi connectivity index (χ4n) is 16.7. The summed E-state index contributed by atoms with van der Waals surface area (Å²) in [7, 11) is 0. The summed E-state index contributed by atoms with van der Waals surface area (Å²) in [5, 5.41) is 8.96. The average Bonchev–Trinajstić information content (AvgIpc) is 3.18. The molecule has 10 fully saturated rings. The van der Waals surface area contributed by atoms with Gasteiger partial charge < -0.3 is 0 Å². The maximum atomic E-state index is 4.48. The zero-order valence-electron chi connectivity index (χ0n) is 32.3. The fraction of sp³-hybridized carbons (Fsp3) is 1.00. The Bertz CT molecular complexity index is 1030. The van der Waals surface area contributed by atoms with Crippen LogP contribution in [0, 0.1) is 47.3 Å². The van der Waals surface area contributed by atoms with Gasteiger partial charge in [0.15, 0.2) is 0 Å². The Morgan fingerprint density at radius 2 is 0.720 bits per heavy atom. The van der Waals surface area contributed by atoms with E-state index in [4.69, 9.17) is 0 Å². The van der Waals surface area contributed by atoms with Crippen molar-refractivity contribution < 1.29 is 0 Å². The minimum absolute atomic E-state index is 0.679. The van der Waals surface area contributed by atoms with E-state index >= 15 is 0 Å². The normalized spacial score (nSPS) is 48.8. The van der Waals surface area contributed by atoms with Crippen LogP contribution in [-0.2, 0) is 0 Å². The molecule has 282 valence electrons. The first-order chi connectivity index (χ1) is 24.8. The van der Waals surface area contributed by atoms with Crippen LogP contribution in [0.3, 0.4) is 0 Å². The largest absolute Gasteiger partial charge is 0.299 e. The summed E-state index contributed by atoms with van der Waals surface area (Å²) in [4.78, 5) is 6.67. The Hall–Kier alpha value is -0.160. The van der Waals surface area contributed by atoms with E-state index in [-0.39, 0.29) is 0 Å². The van der Waals surface area contributed by atoms with E-state index < -0.39 is 0 Å². The number of nitrogens with one attached hydrogen (secondary N) is 2. The van der Waals surface area contributed by atoms with Crippen molar-refractivity contribution in [2.45, 2.75) is 241 Å². The molecular formula is C46H78N4. The van der Waals surface area contributed by atoms with Crippen molar-refractivity contribution in [2.24, 2.45) is 47.3 Å². The summed E-state index contributed by atoms with van der Waals surface area (Å²) in [5.74, 6) is 8.04. The van der Waals surface area contributed by atoms with Gasteiger partial charge in [-0.2, -0.15) is 0 Å². The predicted octanol–water partition coefficient (Wildman–Crippen LogP) is 10.4. The number of nitrogens with zero attached hydrogens (tertiary/aromatic N) is 2. The van der Waals surface area contributed by atoms with Crippen molar-refractivity contribution >= 4 is 0 Å². The van der Waals surface area contributed by atoms with Gasteiger partial charge in [0.05, 0.1) is 12.3 Å². The highest BCUT2D eigenvalue weighted by molar-refractivity contribution is 5.11. The zero-order valence-corrected chi connectivity index (χ0v) is 32.3. The average molecular weight is 687 g/mol. The van der Waals surface area contributed by atoms with Crippen LogP contribution in [0.25, 0.3) is 0 Å². The van der Waals surface area contributed by atoms with Crippen LogP contribution in [-0.4, -0.2) is 58.4 Å². The Morgan fingerprint density at radius 3 is 1.18 bits per heavy atom. The lowest BCUT2D eigenvalue weighted by Crippen LogP contribution is -2.69. The summed E-state index contributed by atoms with van der Waals surface area (Å²) < 4.78 is 0. The first kappa shape index (κ1) is 34.3. The van der Waals surface area contributed by atoms with Crippen molar-refractivity contribution in [1.29, 1.82) is 0 Å². The second kappa shape index (κ2) is 15.2. The van der Waals surface area contributed by atoms with Gasteiger partial charge in [-0.25, -0.2) is 0 Å². The monoisotopic (exact) mass is 687 g/mol. The summed E-state index contributed by atoms with van der Waals surface area (Å²) in [6.07, 6.45) is 46.5. The fourth-order valence-corrected chi connectivity index (χ4v) is 16.7. The minimum Gasteiger partial charge on any atom is -0.299 e. The van der Waals surface area contributed by atoms with Crippen molar-refractivity contribution in [1.82, 2.24) is 20.4 Å². The van der Waals surface area contributed by atoms with Crippen LogP contribution >= 0.6 is 0 Å². The highest BCUT2D eigenvalue weighted by atomic mass is 15.3. The summed E-state index contributed by atoms with van der Waals surface area (Å²) >= 11 is 0. The molecule has 0 aromatic heterocycles. The lowest BCUT2D eigenvalue weighted by Gasteiger charge is -2.66. The Balaban J connectivity index is 0.950. The molecule has 10 aliphatic rings. The molecular weight excluding hydrogens is 609 g/mol. The van der Waals surface area contributed by atoms with Crippen LogP contribution in [0.4, 0.5) is 0 Å². The van der Waals surface area contributed by atoms with Gasteiger partial charge in [-0.15, -0.1) is 0 Å². The first-order valence-electron chi connectivity index (χ1n) is 23.9. The molecule has 4 nitrogen and oxygen atoms in total. The lowest BCUT2D eigenvalue weighted by molar-refractivity contribution is -0.167. The Labute approximate surface area is 308 Å². The molecule has 2 heterocycles. The summed E-state index contributed by atoms with van der Waals surface area (Å²) in [6, 6.07) is 5.11. The van der Waals surface area contributed by atoms with E-state index in [1.807, 2.05) is 0 Å². The maximum absolute atomic E-state index is 4.48. The summed E-state index contributed by atoms with van der Waals surface area (Å²) in [6.45, 7) is 0. The molecule has 50 heavy (non-hydrogen) atoms. The van der Waals surface area contributed by atoms with Crippen LogP contribution < -0.4 is 10.6 Å². The third kappa shape index (κ3) is 6.42. The number of rotatable bonds is 6. The topological polar surface area (TPSA) is 30.5 Å². The van der Waals surface area contributed by atoms with Gasteiger partial charge in [0.2, 0.25) is 0 Å². The predicted molar refractivity (Wildman–Crippen MR) is 207 cm³/mol. The van der Waals surface area contributed by atoms with E-state index in [9.17, 15) is 0 Å². The van der Waals surface area contributed by atoms with Gasteiger partial charge in [-0.3, -0.25) is 20.4 Å².